The second kappa shape index (κ2) is 8.55. The minimum Gasteiger partial charge on any atom is -0.350 e. The first kappa shape index (κ1) is 20.5. The SMILES string of the molecule is CCC(N)(CC)CNC(=O)c1cc(N2CCNC2=O)ccc1Cl.Cl. The number of rotatable bonds is 6. The molecule has 0 spiro atoms. The molecule has 6 nitrogen and oxygen atoms in total. The summed E-state index contributed by atoms with van der Waals surface area (Å²) in [6, 6.07) is 4.83. The standard InChI is InChI=1S/C16H23ClN4O2.ClH/c1-3-16(18,4-2)10-20-14(22)12-9-11(5-6-13(12)17)21-8-7-19-15(21)23;/h5-6,9H,3-4,7-8,10,18H2,1-2H3,(H,19,23)(H,20,22);1H. The van der Waals surface area contributed by atoms with E-state index < -0.39 is 5.54 Å². The number of anilines is 1. The number of halogens is 2. The lowest BCUT2D eigenvalue weighted by molar-refractivity contribution is 0.0942. The highest BCUT2D eigenvalue weighted by Gasteiger charge is 2.24. The van der Waals surface area contributed by atoms with E-state index >= 15 is 0 Å². The van der Waals surface area contributed by atoms with Gasteiger partial charge in [0, 0.05) is 30.9 Å². The van der Waals surface area contributed by atoms with E-state index in [1.807, 2.05) is 13.8 Å². The Balaban J connectivity index is 0.00000288. The quantitative estimate of drug-likeness (QED) is 0.714. The van der Waals surface area contributed by atoms with Crippen molar-refractivity contribution < 1.29 is 9.59 Å². The molecule has 1 saturated heterocycles. The number of carbonyl (C=O) groups is 2. The molecule has 4 N–H and O–H groups in total. The van der Waals surface area contributed by atoms with Crippen LogP contribution in [-0.2, 0) is 0 Å². The second-order valence-corrected chi connectivity index (χ2v) is 6.21. The number of urea groups is 1. The Bertz CT molecular complexity index is 606. The lowest BCUT2D eigenvalue weighted by Gasteiger charge is -2.27. The minimum absolute atomic E-state index is 0. The number of nitrogens with one attached hydrogen (secondary N) is 2. The van der Waals surface area contributed by atoms with E-state index in [0.717, 1.165) is 12.8 Å². The highest BCUT2D eigenvalue weighted by Crippen LogP contribution is 2.24. The Morgan fingerprint density at radius 2 is 2.08 bits per heavy atom. The van der Waals surface area contributed by atoms with Crippen LogP contribution in [0.1, 0.15) is 37.0 Å². The Morgan fingerprint density at radius 1 is 1.42 bits per heavy atom. The third-order valence-corrected chi connectivity index (χ3v) is 4.70. The maximum absolute atomic E-state index is 12.4. The van der Waals surface area contributed by atoms with Crippen molar-refractivity contribution in [2.75, 3.05) is 24.5 Å². The summed E-state index contributed by atoms with van der Waals surface area (Å²) in [6.45, 7) is 5.53. The number of nitrogens with two attached hydrogens (primary N) is 1. The number of carbonyl (C=O) groups excluding carboxylic acids is 2. The third kappa shape index (κ3) is 4.53. The number of hydrogen-bond donors (Lipinski definition) is 3. The molecule has 0 aromatic heterocycles. The molecule has 134 valence electrons. The van der Waals surface area contributed by atoms with Gasteiger partial charge in [-0.3, -0.25) is 9.69 Å². The average molecular weight is 375 g/mol. The van der Waals surface area contributed by atoms with Crippen molar-refractivity contribution in [2.45, 2.75) is 32.2 Å². The van der Waals surface area contributed by atoms with Gasteiger partial charge in [-0.25, -0.2) is 4.79 Å². The van der Waals surface area contributed by atoms with E-state index in [2.05, 4.69) is 10.6 Å². The van der Waals surface area contributed by atoms with Gasteiger partial charge in [0.15, 0.2) is 0 Å². The van der Waals surface area contributed by atoms with Crippen LogP contribution >= 0.6 is 24.0 Å². The molecule has 2 rings (SSSR count). The summed E-state index contributed by atoms with van der Waals surface area (Å²) in [5, 5.41) is 5.92. The minimum atomic E-state index is -0.422. The lowest BCUT2D eigenvalue weighted by Crippen LogP contribution is -2.49. The smallest absolute Gasteiger partial charge is 0.321 e. The Morgan fingerprint density at radius 3 is 2.62 bits per heavy atom. The topological polar surface area (TPSA) is 87.5 Å². The average Bonchev–Trinajstić information content (AvgIpc) is 2.99. The zero-order valence-electron chi connectivity index (χ0n) is 13.9. The summed E-state index contributed by atoms with van der Waals surface area (Å²) < 4.78 is 0. The van der Waals surface area contributed by atoms with Crippen molar-refractivity contribution in [1.82, 2.24) is 10.6 Å². The van der Waals surface area contributed by atoms with E-state index in [4.69, 9.17) is 17.3 Å². The van der Waals surface area contributed by atoms with Crippen molar-refractivity contribution in [1.29, 1.82) is 0 Å². The van der Waals surface area contributed by atoms with Crippen molar-refractivity contribution in [2.24, 2.45) is 5.73 Å². The molecule has 1 heterocycles. The summed E-state index contributed by atoms with van der Waals surface area (Å²) >= 11 is 6.14. The highest BCUT2D eigenvalue weighted by atomic mass is 35.5. The van der Waals surface area contributed by atoms with Gasteiger partial charge in [0.2, 0.25) is 0 Å². The molecule has 1 aromatic carbocycles. The fraction of sp³-hybridized carbons (Fsp3) is 0.500. The van der Waals surface area contributed by atoms with Crippen LogP contribution < -0.4 is 21.3 Å². The number of amides is 3. The van der Waals surface area contributed by atoms with Crippen molar-refractivity contribution in [3.8, 4) is 0 Å². The van der Waals surface area contributed by atoms with Crippen molar-refractivity contribution in [3.63, 3.8) is 0 Å². The fourth-order valence-corrected chi connectivity index (χ4v) is 2.63. The van der Waals surface area contributed by atoms with Gasteiger partial charge >= 0.3 is 6.03 Å². The van der Waals surface area contributed by atoms with E-state index in [0.29, 0.717) is 35.9 Å². The Labute approximate surface area is 153 Å². The Kier molecular flexibility index (Phi) is 7.32. The van der Waals surface area contributed by atoms with Gasteiger partial charge in [-0.15, -0.1) is 12.4 Å². The van der Waals surface area contributed by atoms with Gasteiger partial charge in [-0.1, -0.05) is 25.4 Å². The highest BCUT2D eigenvalue weighted by molar-refractivity contribution is 6.34. The van der Waals surface area contributed by atoms with Crippen LogP contribution in [0.3, 0.4) is 0 Å². The van der Waals surface area contributed by atoms with E-state index in [1.54, 1.807) is 23.1 Å². The molecule has 0 radical (unpaired) electrons. The first-order valence-electron chi connectivity index (χ1n) is 7.82. The first-order chi connectivity index (χ1) is 10.9. The maximum Gasteiger partial charge on any atom is 0.321 e. The summed E-state index contributed by atoms with van der Waals surface area (Å²) in [5.41, 5.74) is 6.78. The fourth-order valence-electron chi connectivity index (χ4n) is 2.42. The van der Waals surface area contributed by atoms with Gasteiger partial charge in [0.05, 0.1) is 10.6 Å². The van der Waals surface area contributed by atoms with Crippen LogP contribution in [0, 0.1) is 0 Å². The van der Waals surface area contributed by atoms with Crippen LogP contribution in [0.4, 0.5) is 10.5 Å². The molecular weight excluding hydrogens is 351 g/mol. The van der Waals surface area contributed by atoms with Crippen molar-refractivity contribution >= 4 is 41.6 Å². The number of nitrogens with zero attached hydrogens (tertiary/aromatic N) is 1. The second-order valence-electron chi connectivity index (χ2n) is 5.80. The molecule has 0 bridgehead atoms. The maximum atomic E-state index is 12.4. The predicted molar refractivity (Wildman–Crippen MR) is 99.3 cm³/mol. The van der Waals surface area contributed by atoms with Gasteiger partial charge in [-0.2, -0.15) is 0 Å². The van der Waals surface area contributed by atoms with Gasteiger partial charge in [0.1, 0.15) is 0 Å². The summed E-state index contributed by atoms with van der Waals surface area (Å²) in [5.74, 6) is -0.284. The summed E-state index contributed by atoms with van der Waals surface area (Å²) in [7, 11) is 0. The number of benzene rings is 1. The molecule has 0 unspecified atom stereocenters. The normalized spacial score (nSPS) is 14.2. The molecule has 1 aromatic rings. The van der Waals surface area contributed by atoms with Crippen LogP contribution in [0.2, 0.25) is 5.02 Å². The molecule has 0 aliphatic carbocycles. The molecule has 3 amide bonds. The van der Waals surface area contributed by atoms with Crippen LogP contribution in [0.25, 0.3) is 0 Å². The first-order valence-corrected chi connectivity index (χ1v) is 8.20. The zero-order valence-corrected chi connectivity index (χ0v) is 15.5. The molecule has 8 heteroatoms. The monoisotopic (exact) mass is 374 g/mol. The third-order valence-electron chi connectivity index (χ3n) is 4.37. The van der Waals surface area contributed by atoms with E-state index in [1.165, 1.54) is 0 Å². The van der Waals surface area contributed by atoms with Crippen LogP contribution in [0.5, 0.6) is 0 Å². The Hall–Kier alpha value is -1.50. The predicted octanol–water partition coefficient (Wildman–Crippen LogP) is 2.54. The summed E-state index contributed by atoms with van der Waals surface area (Å²) in [6.07, 6.45) is 1.54. The van der Waals surface area contributed by atoms with E-state index in [-0.39, 0.29) is 24.3 Å². The molecule has 0 saturated carbocycles. The number of hydrogen-bond acceptors (Lipinski definition) is 3. The molecule has 1 aliphatic heterocycles. The molecule has 1 fully saturated rings. The molecule has 1 aliphatic rings. The van der Waals surface area contributed by atoms with Crippen LogP contribution in [0.15, 0.2) is 18.2 Å². The van der Waals surface area contributed by atoms with Gasteiger partial charge in [-0.05, 0) is 31.0 Å². The van der Waals surface area contributed by atoms with Gasteiger partial charge in [0.25, 0.3) is 5.91 Å². The lowest BCUT2D eigenvalue weighted by atomic mass is 9.94. The van der Waals surface area contributed by atoms with E-state index in [9.17, 15) is 9.59 Å². The zero-order chi connectivity index (χ0) is 17.0. The largest absolute Gasteiger partial charge is 0.350 e. The molecule has 0 atom stereocenters. The van der Waals surface area contributed by atoms with Crippen LogP contribution in [-0.4, -0.2) is 37.1 Å². The molecule has 24 heavy (non-hydrogen) atoms. The van der Waals surface area contributed by atoms with Crippen molar-refractivity contribution in [3.05, 3.63) is 28.8 Å². The molecular formula is C16H24Cl2N4O2. The van der Waals surface area contributed by atoms with Gasteiger partial charge < -0.3 is 16.4 Å². The summed E-state index contributed by atoms with van der Waals surface area (Å²) in [4.78, 5) is 25.7.